The zero-order valence-corrected chi connectivity index (χ0v) is 17.7. The number of Topliss-reactive ketones (excluding diaryl/α,β-unsaturated/α-hetero) is 1. The predicted octanol–water partition coefficient (Wildman–Crippen LogP) is 4.05. The summed E-state index contributed by atoms with van der Waals surface area (Å²) in [5.74, 6) is -0.653. The Morgan fingerprint density at radius 3 is 2.42 bits per heavy atom. The molecule has 0 spiro atoms. The summed E-state index contributed by atoms with van der Waals surface area (Å²) < 4.78 is 6.70. The number of rotatable bonds is 7. The van der Waals surface area contributed by atoms with Gasteiger partial charge in [-0.1, -0.05) is 60.7 Å². The summed E-state index contributed by atoms with van der Waals surface area (Å²) in [5.41, 5.74) is 1.80. The number of fused-ring (bicyclic) bond motifs is 1. The standard InChI is InChI=1S/C24H20N2O4S/c1-16-20-22(31-21(16)24(29)30-13-12-17-8-4-2-5-9-17)25-15-26(23(20)28)14-19(27)18-10-6-3-7-11-18/h2-11,15H,12-14H2,1H3. The van der Waals surface area contributed by atoms with Crippen LogP contribution in [-0.4, -0.2) is 27.9 Å². The minimum Gasteiger partial charge on any atom is -0.461 e. The van der Waals surface area contributed by atoms with E-state index in [-0.39, 0.29) is 24.5 Å². The summed E-state index contributed by atoms with van der Waals surface area (Å²) in [4.78, 5) is 43.2. The second-order valence-electron chi connectivity index (χ2n) is 7.07. The van der Waals surface area contributed by atoms with Gasteiger partial charge >= 0.3 is 5.97 Å². The van der Waals surface area contributed by atoms with Crippen molar-refractivity contribution in [1.29, 1.82) is 0 Å². The normalized spacial score (nSPS) is 10.9. The monoisotopic (exact) mass is 432 g/mol. The van der Waals surface area contributed by atoms with Crippen LogP contribution in [0.1, 0.15) is 31.2 Å². The lowest BCUT2D eigenvalue weighted by molar-refractivity contribution is 0.0514. The molecule has 2 aromatic heterocycles. The van der Waals surface area contributed by atoms with E-state index in [0.717, 1.165) is 16.9 Å². The molecule has 31 heavy (non-hydrogen) atoms. The maximum Gasteiger partial charge on any atom is 0.348 e. The van der Waals surface area contributed by atoms with Crippen molar-refractivity contribution >= 4 is 33.3 Å². The largest absolute Gasteiger partial charge is 0.461 e. The molecule has 0 aliphatic rings. The number of ketones is 1. The maximum atomic E-state index is 13.0. The Labute approximate surface area is 182 Å². The predicted molar refractivity (Wildman–Crippen MR) is 120 cm³/mol. The summed E-state index contributed by atoms with van der Waals surface area (Å²) in [5, 5.41) is 0.350. The molecule has 6 nitrogen and oxygen atoms in total. The van der Waals surface area contributed by atoms with Crippen LogP contribution in [0.2, 0.25) is 0 Å². The van der Waals surface area contributed by atoms with Gasteiger partial charge in [0.2, 0.25) is 0 Å². The minimum absolute atomic E-state index is 0.113. The first-order valence-electron chi connectivity index (χ1n) is 9.82. The molecule has 0 unspecified atom stereocenters. The third-order valence-electron chi connectivity index (χ3n) is 4.98. The molecule has 4 aromatic rings. The molecule has 4 rings (SSSR count). The van der Waals surface area contributed by atoms with E-state index < -0.39 is 5.97 Å². The highest BCUT2D eigenvalue weighted by Crippen LogP contribution is 2.27. The number of aromatic nitrogens is 2. The number of ether oxygens (including phenoxy) is 1. The number of aryl methyl sites for hydroxylation is 1. The van der Waals surface area contributed by atoms with E-state index >= 15 is 0 Å². The molecule has 0 atom stereocenters. The van der Waals surface area contributed by atoms with E-state index in [2.05, 4.69) is 4.98 Å². The molecule has 2 aromatic carbocycles. The van der Waals surface area contributed by atoms with Crippen molar-refractivity contribution in [2.45, 2.75) is 19.9 Å². The van der Waals surface area contributed by atoms with Crippen LogP contribution < -0.4 is 5.56 Å². The van der Waals surface area contributed by atoms with E-state index in [1.807, 2.05) is 36.4 Å². The lowest BCUT2D eigenvalue weighted by atomic mass is 10.1. The zero-order chi connectivity index (χ0) is 21.8. The first-order chi connectivity index (χ1) is 15.0. The van der Waals surface area contributed by atoms with Crippen LogP contribution in [0.5, 0.6) is 0 Å². The van der Waals surface area contributed by atoms with Gasteiger partial charge in [0.25, 0.3) is 5.56 Å². The summed E-state index contributed by atoms with van der Waals surface area (Å²) in [6.45, 7) is 1.84. The Bertz CT molecular complexity index is 1290. The van der Waals surface area contributed by atoms with Gasteiger partial charge in [-0.05, 0) is 18.1 Å². The molecule has 7 heteroatoms. The second-order valence-corrected chi connectivity index (χ2v) is 8.07. The Kier molecular flexibility index (Phi) is 6.04. The quantitative estimate of drug-likeness (QED) is 0.325. The number of nitrogens with zero attached hydrogens (tertiary/aromatic N) is 2. The Morgan fingerprint density at radius 1 is 1.03 bits per heavy atom. The Hall–Kier alpha value is -3.58. The summed E-state index contributed by atoms with van der Waals surface area (Å²) >= 11 is 1.13. The van der Waals surface area contributed by atoms with E-state index in [0.29, 0.717) is 32.6 Å². The number of benzene rings is 2. The zero-order valence-electron chi connectivity index (χ0n) is 16.9. The third-order valence-corrected chi connectivity index (χ3v) is 6.16. The molecule has 0 amide bonds. The topological polar surface area (TPSA) is 78.3 Å². The molecule has 2 heterocycles. The van der Waals surface area contributed by atoms with Crippen LogP contribution >= 0.6 is 11.3 Å². The molecule has 0 bridgehead atoms. The smallest absolute Gasteiger partial charge is 0.348 e. The Morgan fingerprint density at radius 2 is 1.71 bits per heavy atom. The van der Waals surface area contributed by atoms with Crippen LogP contribution in [-0.2, 0) is 17.7 Å². The highest BCUT2D eigenvalue weighted by Gasteiger charge is 2.21. The molecule has 0 aliphatic carbocycles. The summed E-state index contributed by atoms with van der Waals surface area (Å²) in [6.07, 6.45) is 1.97. The fourth-order valence-electron chi connectivity index (χ4n) is 3.31. The maximum absolute atomic E-state index is 13.0. The molecular formula is C24H20N2O4S. The van der Waals surface area contributed by atoms with Crippen LogP contribution in [0.15, 0.2) is 71.8 Å². The average molecular weight is 433 g/mol. The third kappa shape index (κ3) is 4.46. The number of thiophene rings is 1. The molecular weight excluding hydrogens is 412 g/mol. The number of hydrogen-bond acceptors (Lipinski definition) is 6. The van der Waals surface area contributed by atoms with Crippen molar-refractivity contribution < 1.29 is 14.3 Å². The lowest BCUT2D eigenvalue weighted by Gasteiger charge is -2.05. The number of hydrogen-bond donors (Lipinski definition) is 0. The van der Waals surface area contributed by atoms with Crippen molar-refractivity contribution in [2.75, 3.05) is 6.61 Å². The molecule has 0 radical (unpaired) electrons. The average Bonchev–Trinajstić information content (AvgIpc) is 3.14. The molecule has 0 saturated carbocycles. The molecule has 0 N–H and O–H groups in total. The van der Waals surface area contributed by atoms with E-state index in [1.165, 1.54) is 10.9 Å². The van der Waals surface area contributed by atoms with E-state index in [9.17, 15) is 14.4 Å². The van der Waals surface area contributed by atoms with Crippen LogP contribution in [0.3, 0.4) is 0 Å². The highest BCUT2D eigenvalue weighted by molar-refractivity contribution is 7.20. The fraction of sp³-hybridized carbons (Fsp3) is 0.167. The van der Waals surface area contributed by atoms with Gasteiger partial charge in [-0.2, -0.15) is 0 Å². The van der Waals surface area contributed by atoms with Gasteiger partial charge in [0, 0.05) is 12.0 Å². The SMILES string of the molecule is Cc1c(C(=O)OCCc2ccccc2)sc2ncn(CC(=O)c3ccccc3)c(=O)c12. The van der Waals surface area contributed by atoms with E-state index in [1.54, 1.807) is 31.2 Å². The van der Waals surface area contributed by atoms with Crippen molar-refractivity contribution in [3.63, 3.8) is 0 Å². The van der Waals surface area contributed by atoms with Gasteiger partial charge in [0.05, 0.1) is 24.9 Å². The molecule has 0 aliphatic heterocycles. The van der Waals surface area contributed by atoms with Gasteiger partial charge in [-0.15, -0.1) is 11.3 Å². The Balaban J connectivity index is 1.53. The van der Waals surface area contributed by atoms with Crippen molar-refractivity contribution in [2.24, 2.45) is 0 Å². The van der Waals surface area contributed by atoms with Crippen LogP contribution in [0.4, 0.5) is 0 Å². The van der Waals surface area contributed by atoms with Gasteiger partial charge in [-0.3, -0.25) is 14.2 Å². The summed E-state index contributed by atoms with van der Waals surface area (Å²) in [7, 11) is 0. The minimum atomic E-state index is -0.470. The van der Waals surface area contributed by atoms with Gasteiger partial charge < -0.3 is 4.74 Å². The first kappa shape index (κ1) is 20.7. The van der Waals surface area contributed by atoms with Crippen molar-refractivity contribution in [3.05, 3.63) is 98.9 Å². The van der Waals surface area contributed by atoms with Crippen LogP contribution in [0, 0.1) is 6.92 Å². The van der Waals surface area contributed by atoms with Gasteiger partial charge in [0.1, 0.15) is 9.71 Å². The highest BCUT2D eigenvalue weighted by atomic mass is 32.1. The van der Waals surface area contributed by atoms with Crippen LogP contribution in [0.25, 0.3) is 10.2 Å². The van der Waals surface area contributed by atoms with Crippen molar-refractivity contribution in [1.82, 2.24) is 9.55 Å². The van der Waals surface area contributed by atoms with Gasteiger partial charge in [-0.25, -0.2) is 9.78 Å². The van der Waals surface area contributed by atoms with Gasteiger partial charge in [0.15, 0.2) is 5.78 Å². The lowest BCUT2D eigenvalue weighted by Crippen LogP contribution is -2.24. The summed E-state index contributed by atoms with van der Waals surface area (Å²) in [6, 6.07) is 18.5. The second kappa shape index (κ2) is 9.06. The fourth-order valence-corrected chi connectivity index (χ4v) is 4.34. The molecule has 0 saturated heterocycles. The number of carbonyl (C=O) groups is 2. The van der Waals surface area contributed by atoms with Crippen molar-refractivity contribution in [3.8, 4) is 0 Å². The number of esters is 1. The number of carbonyl (C=O) groups excluding carboxylic acids is 2. The first-order valence-corrected chi connectivity index (χ1v) is 10.6. The molecule has 0 fully saturated rings. The molecule has 156 valence electrons. The van der Waals surface area contributed by atoms with E-state index in [4.69, 9.17) is 4.74 Å².